The van der Waals surface area contributed by atoms with Crippen molar-refractivity contribution in [2.75, 3.05) is 18.6 Å². The molecule has 7 nitrogen and oxygen atoms in total. The van der Waals surface area contributed by atoms with Crippen LogP contribution in [0.2, 0.25) is 0 Å². The maximum absolute atomic E-state index is 11.8. The third kappa shape index (κ3) is 5.68. The van der Waals surface area contributed by atoms with Crippen LogP contribution >= 0.6 is 11.8 Å². The summed E-state index contributed by atoms with van der Waals surface area (Å²) in [7, 11) is -3.21. The van der Waals surface area contributed by atoms with Gasteiger partial charge in [-0.15, -0.1) is 5.10 Å². The third-order valence-electron chi connectivity index (χ3n) is 2.95. The van der Waals surface area contributed by atoms with E-state index >= 15 is 0 Å². The van der Waals surface area contributed by atoms with Gasteiger partial charge in [0.25, 0.3) is 0 Å². The summed E-state index contributed by atoms with van der Waals surface area (Å²) < 4.78 is 22.7. The van der Waals surface area contributed by atoms with Crippen LogP contribution in [0.3, 0.4) is 0 Å². The van der Waals surface area contributed by atoms with E-state index in [1.807, 2.05) is 6.92 Å². The maximum Gasteiger partial charge on any atom is 0.224 e. The number of H-pyrrole nitrogens is 1. The van der Waals surface area contributed by atoms with Crippen molar-refractivity contribution in [1.82, 2.24) is 20.5 Å². The summed E-state index contributed by atoms with van der Waals surface area (Å²) in [5, 5.41) is 10.2. The molecule has 1 amide bonds. The van der Waals surface area contributed by atoms with E-state index in [2.05, 4.69) is 20.5 Å². The fraction of sp³-hybridized carbons (Fsp3) is 0.357. The Morgan fingerprint density at radius 1 is 1.30 bits per heavy atom. The number of aromatic amines is 1. The van der Waals surface area contributed by atoms with Gasteiger partial charge in [-0.3, -0.25) is 9.89 Å². The molecule has 23 heavy (non-hydrogen) atoms. The number of aryl methyl sites for hydroxylation is 1. The van der Waals surface area contributed by atoms with E-state index in [1.54, 1.807) is 12.1 Å². The van der Waals surface area contributed by atoms with Crippen LogP contribution < -0.4 is 5.32 Å². The molecule has 1 heterocycles. The Kier molecular flexibility index (Phi) is 5.78. The van der Waals surface area contributed by atoms with E-state index in [1.165, 1.54) is 23.9 Å². The number of nitrogens with zero attached hydrogens (tertiary/aromatic N) is 2. The quantitative estimate of drug-likeness (QED) is 0.567. The van der Waals surface area contributed by atoms with Gasteiger partial charge >= 0.3 is 0 Å². The molecule has 0 saturated carbocycles. The summed E-state index contributed by atoms with van der Waals surface area (Å²) in [5.41, 5.74) is 0.771. The number of aromatic nitrogens is 3. The number of nitrogens with one attached hydrogen (secondary N) is 2. The van der Waals surface area contributed by atoms with Crippen LogP contribution in [0.15, 0.2) is 34.3 Å². The number of hydrogen-bond acceptors (Lipinski definition) is 6. The van der Waals surface area contributed by atoms with Crippen LogP contribution in [0.4, 0.5) is 0 Å². The summed E-state index contributed by atoms with van der Waals surface area (Å²) >= 11 is 1.46. The molecule has 0 unspecified atom stereocenters. The molecule has 0 spiro atoms. The van der Waals surface area contributed by atoms with Gasteiger partial charge in [0.05, 0.1) is 11.3 Å². The Hall–Kier alpha value is -1.87. The average molecular weight is 354 g/mol. The Balaban J connectivity index is 1.74. The van der Waals surface area contributed by atoms with Gasteiger partial charge in [-0.1, -0.05) is 23.9 Å². The van der Waals surface area contributed by atoms with E-state index in [9.17, 15) is 13.2 Å². The molecule has 0 atom stereocenters. The number of benzene rings is 1. The molecule has 9 heteroatoms. The molecular weight excluding hydrogens is 336 g/mol. The van der Waals surface area contributed by atoms with Crippen molar-refractivity contribution in [2.45, 2.75) is 23.4 Å². The highest BCUT2D eigenvalue weighted by Gasteiger charge is 2.08. The van der Waals surface area contributed by atoms with Gasteiger partial charge in [0.2, 0.25) is 11.1 Å². The fourth-order valence-electron chi connectivity index (χ4n) is 1.82. The minimum atomic E-state index is -3.21. The minimum absolute atomic E-state index is 0.108. The van der Waals surface area contributed by atoms with Gasteiger partial charge in [-0.25, -0.2) is 13.4 Å². The van der Waals surface area contributed by atoms with E-state index in [4.69, 9.17) is 0 Å². The second kappa shape index (κ2) is 7.60. The SMILES string of the molecule is Cc1nc(SCCNC(=O)Cc2ccc(S(C)(=O)=O)cc2)n[nH]1. The highest BCUT2D eigenvalue weighted by Crippen LogP contribution is 2.12. The van der Waals surface area contributed by atoms with E-state index < -0.39 is 9.84 Å². The van der Waals surface area contributed by atoms with Crippen LogP contribution in [-0.4, -0.2) is 48.1 Å². The van der Waals surface area contributed by atoms with E-state index in [0.29, 0.717) is 17.5 Å². The molecule has 0 aliphatic carbocycles. The first-order chi connectivity index (χ1) is 10.8. The van der Waals surface area contributed by atoms with Gasteiger partial charge in [0.1, 0.15) is 5.82 Å². The molecule has 2 aromatic rings. The minimum Gasteiger partial charge on any atom is -0.355 e. The smallest absolute Gasteiger partial charge is 0.224 e. The zero-order valence-electron chi connectivity index (χ0n) is 12.9. The molecule has 1 aromatic heterocycles. The second-order valence-corrected chi connectivity index (χ2v) is 8.07. The number of carbonyl (C=O) groups is 1. The number of rotatable bonds is 7. The number of amides is 1. The lowest BCUT2D eigenvalue weighted by atomic mass is 10.1. The summed E-state index contributed by atoms with van der Waals surface area (Å²) in [6.45, 7) is 2.34. The van der Waals surface area contributed by atoms with Crippen LogP contribution in [-0.2, 0) is 21.1 Å². The van der Waals surface area contributed by atoms with Gasteiger partial charge in [-0.05, 0) is 24.6 Å². The molecule has 124 valence electrons. The van der Waals surface area contributed by atoms with Crippen LogP contribution in [0.1, 0.15) is 11.4 Å². The number of sulfone groups is 1. The predicted octanol–water partition coefficient (Wildman–Crippen LogP) is 0.968. The maximum atomic E-state index is 11.8. The van der Waals surface area contributed by atoms with Crippen LogP contribution in [0.25, 0.3) is 0 Å². The zero-order chi connectivity index (χ0) is 16.9. The van der Waals surface area contributed by atoms with E-state index in [-0.39, 0.29) is 17.2 Å². The van der Waals surface area contributed by atoms with Gasteiger partial charge in [0, 0.05) is 18.6 Å². The molecule has 2 N–H and O–H groups in total. The zero-order valence-corrected chi connectivity index (χ0v) is 14.5. The standard InChI is InChI=1S/C14H18N4O3S2/c1-10-16-14(18-17-10)22-8-7-15-13(19)9-11-3-5-12(6-4-11)23(2,20)21/h3-6H,7-9H2,1-2H3,(H,15,19)(H,16,17,18). The molecule has 0 aliphatic rings. The first-order valence-corrected chi connectivity index (χ1v) is 9.80. The Labute approximate surface area is 139 Å². The molecule has 0 fully saturated rings. The van der Waals surface area contributed by atoms with Crippen molar-refractivity contribution in [2.24, 2.45) is 0 Å². The normalized spacial score (nSPS) is 11.4. The summed E-state index contributed by atoms with van der Waals surface area (Å²) in [6, 6.07) is 6.33. The highest BCUT2D eigenvalue weighted by molar-refractivity contribution is 7.99. The van der Waals surface area contributed by atoms with Gasteiger partial charge < -0.3 is 5.32 Å². The van der Waals surface area contributed by atoms with Crippen molar-refractivity contribution in [3.05, 3.63) is 35.7 Å². The summed E-state index contributed by atoms with van der Waals surface area (Å²) in [6.07, 6.45) is 1.37. The molecule has 2 rings (SSSR count). The third-order valence-corrected chi connectivity index (χ3v) is 4.93. The largest absolute Gasteiger partial charge is 0.355 e. The molecule has 0 bridgehead atoms. The Morgan fingerprint density at radius 2 is 2.00 bits per heavy atom. The Bertz CT molecular complexity index is 770. The van der Waals surface area contributed by atoms with Crippen LogP contribution in [0.5, 0.6) is 0 Å². The summed E-state index contributed by atoms with van der Waals surface area (Å²) in [4.78, 5) is 16.2. The molecule has 0 saturated heterocycles. The molecule has 1 aromatic carbocycles. The summed E-state index contributed by atoms with van der Waals surface area (Å²) in [5.74, 6) is 1.33. The number of hydrogen-bond donors (Lipinski definition) is 2. The van der Waals surface area contributed by atoms with Crippen LogP contribution in [0, 0.1) is 6.92 Å². The highest BCUT2D eigenvalue weighted by atomic mass is 32.2. The Morgan fingerprint density at radius 3 is 2.57 bits per heavy atom. The van der Waals surface area contributed by atoms with Crippen molar-refractivity contribution in [3.63, 3.8) is 0 Å². The van der Waals surface area contributed by atoms with Gasteiger partial charge in [-0.2, -0.15) is 0 Å². The molecular formula is C14H18N4O3S2. The van der Waals surface area contributed by atoms with Crippen molar-refractivity contribution in [1.29, 1.82) is 0 Å². The van der Waals surface area contributed by atoms with Gasteiger partial charge in [0.15, 0.2) is 9.84 Å². The lowest BCUT2D eigenvalue weighted by molar-refractivity contribution is -0.120. The van der Waals surface area contributed by atoms with E-state index in [0.717, 1.165) is 17.6 Å². The van der Waals surface area contributed by atoms with Crippen molar-refractivity contribution in [3.8, 4) is 0 Å². The first-order valence-electron chi connectivity index (χ1n) is 6.92. The number of carbonyl (C=O) groups excluding carboxylic acids is 1. The van der Waals surface area contributed by atoms with Crippen molar-refractivity contribution < 1.29 is 13.2 Å². The average Bonchev–Trinajstić information content (AvgIpc) is 2.89. The molecule has 0 aliphatic heterocycles. The van der Waals surface area contributed by atoms with Crippen molar-refractivity contribution >= 4 is 27.5 Å². The lowest BCUT2D eigenvalue weighted by Gasteiger charge is -2.05. The predicted molar refractivity (Wildman–Crippen MR) is 88.1 cm³/mol. The second-order valence-electron chi connectivity index (χ2n) is 4.99. The lowest BCUT2D eigenvalue weighted by Crippen LogP contribution is -2.27. The first kappa shape index (κ1) is 17.5. The fourth-order valence-corrected chi connectivity index (χ4v) is 3.15. The molecule has 0 radical (unpaired) electrons. The topological polar surface area (TPSA) is 105 Å². The number of thioether (sulfide) groups is 1. The monoisotopic (exact) mass is 354 g/mol.